The summed E-state index contributed by atoms with van der Waals surface area (Å²) in [5.74, 6) is -1.38. The zero-order valence-corrected chi connectivity index (χ0v) is 7.82. The molecule has 4 nitrogen and oxygen atoms in total. The normalized spacial score (nSPS) is 10.1. The summed E-state index contributed by atoms with van der Waals surface area (Å²) < 4.78 is 0. The van der Waals surface area contributed by atoms with Gasteiger partial charge in [0.05, 0.1) is 0 Å². The molecule has 0 fully saturated rings. The van der Waals surface area contributed by atoms with Crippen molar-refractivity contribution in [1.82, 2.24) is 0 Å². The van der Waals surface area contributed by atoms with Crippen molar-refractivity contribution in [2.24, 2.45) is 0 Å². The Morgan fingerprint density at radius 3 is 2.14 bits per heavy atom. The van der Waals surface area contributed by atoms with Crippen LogP contribution >= 0.6 is 0 Å². The van der Waals surface area contributed by atoms with Crippen molar-refractivity contribution in [3.8, 4) is 17.2 Å². The third-order valence-electron chi connectivity index (χ3n) is 1.84. The molecule has 0 aliphatic heterocycles. The first-order valence-electron chi connectivity index (χ1n) is 4.34. The van der Waals surface area contributed by atoms with E-state index in [-0.39, 0.29) is 35.0 Å². The molecule has 0 radical (unpaired) electrons. The lowest BCUT2D eigenvalue weighted by Crippen LogP contribution is -1.99. The van der Waals surface area contributed by atoms with Crippen molar-refractivity contribution in [1.29, 1.82) is 0 Å². The maximum Gasteiger partial charge on any atom is 0.170 e. The Morgan fingerprint density at radius 1 is 1.21 bits per heavy atom. The van der Waals surface area contributed by atoms with Crippen LogP contribution in [0.2, 0.25) is 0 Å². The molecule has 76 valence electrons. The number of rotatable bonds is 3. The average Bonchev–Trinajstić information content (AvgIpc) is 2.01. The van der Waals surface area contributed by atoms with Crippen LogP contribution in [0.4, 0.5) is 0 Å². The second-order valence-corrected chi connectivity index (χ2v) is 3.03. The van der Waals surface area contributed by atoms with Gasteiger partial charge >= 0.3 is 0 Å². The van der Waals surface area contributed by atoms with E-state index in [0.717, 1.165) is 12.1 Å². The molecule has 14 heavy (non-hydrogen) atoms. The molecule has 4 heteroatoms. The molecule has 0 aliphatic rings. The molecule has 0 heterocycles. The van der Waals surface area contributed by atoms with Crippen LogP contribution in [0.3, 0.4) is 0 Å². The highest BCUT2D eigenvalue weighted by atomic mass is 16.3. The lowest BCUT2D eigenvalue weighted by Gasteiger charge is -2.05. The minimum Gasteiger partial charge on any atom is -0.508 e. The Balaban J connectivity index is 3.14. The highest BCUT2D eigenvalue weighted by Gasteiger charge is 2.16. The monoisotopic (exact) mass is 196 g/mol. The molecule has 1 rings (SSSR count). The zero-order valence-electron chi connectivity index (χ0n) is 7.82. The Labute approximate surface area is 81.4 Å². The Hall–Kier alpha value is -1.71. The van der Waals surface area contributed by atoms with Gasteiger partial charge in [-0.3, -0.25) is 4.79 Å². The van der Waals surface area contributed by atoms with Crippen LogP contribution in [0.15, 0.2) is 12.1 Å². The number of ketones is 1. The predicted molar refractivity (Wildman–Crippen MR) is 50.7 cm³/mol. The fourth-order valence-electron chi connectivity index (χ4n) is 1.24. The van der Waals surface area contributed by atoms with E-state index in [0.29, 0.717) is 6.42 Å². The topological polar surface area (TPSA) is 77.8 Å². The van der Waals surface area contributed by atoms with Crippen LogP contribution in [0.5, 0.6) is 17.2 Å². The van der Waals surface area contributed by atoms with Gasteiger partial charge in [0.2, 0.25) is 0 Å². The molecule has 0 bridgehead atoms. The summed E-state index contributed by atoms with van der Waals surface area (Å²) in [6.45, 7) is 1.83. The molecule has 0 spiro atoms. The van der Waals surface area contributed by atoms with Crippen LogP contribution in [0, 0.1) is 0 Å². The molecule has 0 saturated carbocycles. The number of benzene rings is 1. The second-order valence-electron chi connectivity index (χ2n) is 3.03. The first kappa shape index (κ1) is 10.4. The van der Waals surface area contributed by atoms with Crippen molar-refractivity contribution < 1.29 is 20.1 Å². The molecule has 0 amide bonds. The fraction of sp³-hybridized carbons (Fsp3) is 0.300. The summed E-state index contributed by atoms with van der Waals surface area (Å²) in [5.41, 5.74) is -0.121. The largest absolute Gasteiger partial charge is 0.508 e. The number of Topliss-reactive ketones (excluding diaryl/α,β-unsaturated/α-hetero) is 1. The number of hydrogen-bond donors (Lipinski definition) is 3. The number of aromatic hydroxyl groups is 3. The quantitative estimate of drug-likeness (QED) is 0.644. The summed E-state index contributed by atoms with van der Waals surface area (Å²) in [4.78, 5) is 11.4. The van der Waals surface area contributed by atoms with Crippen LogP contribution in [-0.4, -0.2) is 21.1 Å². The molecule has 3 N–H and O–H groups in total. The van der Waals surface area contributed by atoms with Crippen LogP contribution in [0.1, 0.15) is 30.1 Å². The smallest absolute Gasteiger partial charge is 0.170 e. The molecule has 0 saturated heterocycles. The van der Waals surface area contributed by atoms with Gasteiger partial charge in [-0.1, -0.05) is 6.92 Å². The standard InChI is InChI=1S/C10H12O4/c1-2-3-7(12)10-8(13)4-6(11)5-9(10)14/h4-5,11,13-14H,2-3H2,1H3. The van der Waals surface area contributed by atoms with Crippen LogP contribution < -0.4 is 0 Å². The Kier molecular flexibility index (Phi) is 2.96. The van der Waals surface area contributed by atoms with E-state index in [1.54, 1.807) is 0 Å². The van der Waals surface area contributed by atoms with Gasteiger partial charge < -0.3 is 15.3 Å². The van der Waals surface area contributed by atoms with Gasteiger partial charge in [0.15, 0.2) is 5.78 Å². The van der Waals surface area contributed by atoms with Gasteiger partial charge in [0.1, 0.15) is 22.8 Å². The Bertz CT molecular complexity index is 334. The third kappa shape index (κ3) is 1.96. The van der Waals surface area contributed by atoms with Gasteiger partial charge in [0, 0.05) is 18.6 Å². The average molecular weight is 196 g/mol. The lowest BCUT2D eigenvalue weighted by molar-refractivity contribution is 0.0976. The van der Waals surface area contributed by atoms with Gasteiger partial charge in [-0.15, -0.1) is 0 Å². The molecule has 1 aromatic rings. The van der Waals surface area contributed by atoms with Crippen LogP contribution in [0.25, 0.3) is 0 Å². The minimum absolute atomic E-state index is 0.121. The van der Waals surface area contributed by atoms with Crippen molar-refractivity contribution >= 4 is 5.78 Å². The van der Waals surface area contributed by atoms with Crippen molar-refractivity contribution in [3.05, 3.63) is 17.7 Å². The van der Waals surface area contributed by atoms with E-state index in [9.17, 15) is 15.0 Å². The van der Waals surface area contributed by atoms with E-state index < -0.39 is 0 Å². The predicted octanol–water partition coefficient (Wildman–Crippen LogP) is 1.79. The van der Waals surface area contributed by atoms with E-state index in [1.807, 2.05) is 6.92 Å². The number of carbonyl (C=O) groups excluding carboxylic acids is 1. The summed E-state index contributed by atoms with van der Waals surface area (Å²) >= 11 is 0. The first-order valence-corrected chi connectivity index (χ1v) is 4.34. The van der Waals surface area contributed by atoms with Crippen molar-refractivity contribution in [2.75, 3.05) is 0 Å². The van der Waals surface area contributed by atoms with E-state index in [4.69, 9.17) is 5.11 Å². The van der Waals surface area contributed by atoms with Gasteiger partial charge in [0.25, 0.3) is 0 Å². The lowest BCUT2D eigenvalue weighted by atomic mass is 10.0. The van der Waals surface area contributed by atoms with E-state index >= 15 is 0 Å². The van der Waals surface area contributed by atoms with E-state index in [2.05, 4.69) is 0 Å². The minimum atomic E-state index is -0.388. The molecule has 0 aromatic heterocycles. The first-order chi connectivity index (χ1) is 6.56. The number of phenols is 3. The summed E-state index contributed by atoms with van der Waals surface area (Å²) in [6, 6.07) is 2.06. The zero-order chi connectivity index (χ0) is 10.7. The molecule has 0 aliphatic carbocycles. The molecule has 1 aromatic carbocycles. The van der Waals surface area contributed by atoms with Crippen molar-refractivity contribution in [2.45, 2.75) is 19.8 Å². The number of carbonyl (C=O) groups is 1. The maximum absolute atomic E-state index is 11.4. The van der Waals surface area contributed by atoms with Gasteiger partial charge in [-0.05, 0) is 6.42 Å². The number of phenolic OH excluding ortho intramolecular Hbond substituents is 3. The van der Waals surface area contributed by atoms with Crippen LogP contribution in [-0.2, 0) is 0 Å². The molecular weight excluding hydrogens is 184 g/mol. The number of hydrogen-bond acceptors (Lipinski definition) is 4. The molecule has 0 atom stereocenters. The molecule has 0 unspecified atom stereocenters. The van der Waals surface area contributed by atoms with Gasteiger partial charge in [-0.25, -0.2) is 0 Å². The Morgan fingerprint density at radius 2 is 1.71 bits per heavy atom. The van der Waals surface area contributed by atoms with Crippen molar-refractivity contribution in [3.63, 3.8) is 0 Å². The third-order valence-corrected chi connectivity index (χ3v) is 1.84. The highest BCUT2D eigenvalue weighted by Crippen LogP contribution is 2.32. The maximum atomic E-state index is 11.4. The van der Waals surface area contributed by atoms with E-state index in [1.165, 1.54) is 0 Å². The van der Waals surface area contributed by atoms with Gasteiger partial charge in [-0.2, -0.15) is 0 Å². The summed E-state index contributed by atoms with van der Waals surface area (Å²) in [6.07, 6.45) is 0.893. The highest BCUT2D eigenvalue weighted by molar-refractivity contribution is 6.01. The fourth-order valence-corrected chi connectivity index (χ4v) is 1.24. The summed E-state index contributed by atoms with van der Waals surface area (Å²) in [7, 11) is 0. The molecular formula is C10H12O4. The summed E-state index contributed by atoms with van der Waals surface area (Å²) in [5, 5.41) is 27.7. The SMILES string of the molecule is CCCC(=O)c1c(O)cc(O)cc1O. The second kappa shape index (κ2) is 4.00.